The lowest BCUT2D eigenvalue weighted by Gasteiger charge is -2.12. The molecule has 0 fully saturated rings. The summed E-state index contributed by atoms with van der Waals surface area (Å²) in [5.41, 5.74) is 1.49. The summed E-state index contributed by atoms with van der Waals surface area (Å²) in [6.07, 6.45) is 0. The maximum absolute atomic E-state index is 11.3. The zero-order chi connectivity index (χ0) is 16.9. The summed E-state index contributed by atoms with van der Waals surface area (Å²) in [5.74, 6) is 1.14. The number of para-hydroxylation sites is 2. The van der Waals surface area contributed by atoms with Crippen LogP contribution in [0.5, 0.6) is 11.5 Å². The number of amides is 1. The van der Waals surface area contributed by atoms with E-state index in [9.17, 15) is 10.1 Å². The smallest absolute Gasteiger partial charge is 0.221 e. The molecule has 8 nitrogen and oxygen atoms in total. The summed E-state index contributed by atoms with van der Waals surface area (Å²) >= 11 is 0. The Kier molecular flexibility index (Phi) is 4.16. The second-order valence-corrected chi connectivity index (χ2v) is 4.85. The molecule has 118 valence electrons. The molecule has 1 amide bonds. The first-order valence-corrected chi connectivity index (χ1v) is 7.00. The molecule has 0 saturated carbocycles. The van der Waals surface area contributed by atoms with E-state index in [0.717, 1.165) is 0 Å². The van der Waals surface area contributed by atoms with Gasteiger partial charge in [0, 0.05) is 12.5 Å². The third-order valence-electron chi connectivity index (χ3n) is 3.14. The van der Waals surface area contributed by atoms with E-state index < -0.39 is 0 Å². The van der Waals surface area contributed by atoms with Crippen LogP contribution >= 0.6 is 0 Å². The zero-order valence-corrected chi connectivity index (χ0v) is 12.6. The molecule has 0 unspecified atom stereocenters. The van der Waals surface area contributed by atoms with Gasteiger partial charge in [-0.3, -0.25) is 4.79 Å². The lowest BCUT2D eigenvalue weighted by atomic mass is 10.1. The molecule has 24 heavy (non-hydrogen) atoms. The van der Waals surface area contributed by atoms with Crippen LogP contribution in [0.2, 0.25) is 0 Å². The highest BCUT2D eigenvalue weighted by Gasteiger charge is 2.12. The maximum atomic E-state index is 11.3. The molecule has 0 atom stereocenters. The van der Waals surface area contributed by atoms with Crippen LogP contribution in [0.15, 0.2) is 42.5 Å². The zero-order valence-electron chi connectivity index (χ0n) is 12.6. The lowest BCUT2D eigenvalue weighted by Crippen LogP contribution is -2.06. The maximum Gasteiger partial charge on any atom is 0.221 e. The Bertz CT molecular complexity index is 915. The van der Waals surface area contributed by atoms with Crippen molar-refractivity contribution in [2.75, 3.05) is 5.32 Å². The normalized spacial score (nSPS) is 10.0. The number of aromatic nitrogens is 4. The van der Waals surface area contributed by atoms with Gasteiger partial charge < -0.3 is 10.1 Å². The number of nitrogens with zero attached hydrogens (tertiary/aromatic N) is 4. The van der Waals surface area contributed by atoms with Gasteiger partial charge >= 0.3 is 0 Å². The molecule has 1 heterocycles. The average Bonchev–Trinajstić information content (AvgIpc) is 3.10. The van der Waals surface area contributed by atoms with Gasteiger partial charge in [0.15, 0.2) is 11.6 Å². The minimum absolute atomic E-state index is 0.195. The first-order chi connectivity index (χ1) is 11.7. The number of carbonyl (C=O) groups is 1. The number of nitriles is 1. The van der Waals surface area contributed by atoms with Crippen molar-refractivity contribution < 1.29 is 9.53 Å². The Balaban J connectivity index is 1.96. The number of aromatic amines is 1. The van der Waals surface area contributed by atoms with Gasteiger partial charge in [-0.25, -0.2) is 5.10 Å². The quantitative estimate of drug-likeness (QED) is 0.762. The van der Waals surface area contributed by atoms with Crippen LogP contribution in [0.25, 0.3) is 11.4 Å². The van der Waals surface area contributed by atoms with Crippen molar-refractivity contribution in [1.82, 2.24) is 20.6 Å². The average molecular weight is 320 g/mol. The van der Waals surface area contributed by atoms with E-state index in [1.807, 2.05) is 0 Å². The molecule has 0 aliphatic rings. The number of rotatable bonds is 4. The monoisotopic (exact) mass is 320 g/mol. The molecule has 0 aliphatic carbocycles. The molecule has 2 aromatic carbocycles. The molecule has 0 radical (unpaired) electrons. The highest BCUT2D eigenvalue weighted by molar-refractivity contribution is 5.90. The molecule has 2 N–H and O–H groups in total. The van der Waals surface area contributed by atoms with Crippen LogP contribution in [0.3, 0.4) is 0 Å². The number of carbonyl (C=O) groups excluding carboxylic acids is 1. The molecule has 0 aliphatic heterocycles. The first-order valence-electron chi connectivity index (χ1n) is 7.00. The molecular weight excluding hydrogens is 308 g/mol. The van der Waals surface area contributed by atoms with E-state index in [1.165, 1.54) is 6.92 Å². The summed E-state index contributed by atoms with van der Waals surface area (Å²) in [5, 5.41) is 25.4. The molecule has 3 rings (SSSR count). The standard InChI is InChI=1S/C16H12N6O2/c1-10(23)18-14-4-2-3-5-15(14)24-12-7-6-11(9-17)13(8-12)16-19-21-22-20-16/h2-8H,1H3,(H,18,23)(H,19,20,21,22). The third-order valence-corrected chi connectivity index (χ3v) is 3.14. The summed E-state index contributed by atoms with van der Waals surface area (Å²) in [6, 6.07) is 14.1. The van der Waals surface area contributed by atoms with Crippen molar-refractivity contribution >= 4 is 11.6 Å². The van der Waals surface area contributed by atoms with Crippen molar-refractivity contribution in [1.29, 1.82) is 5.26 Å². The summed E-state index contributed by atoms with van der Waals surface area (Å²) in [6.45, 7) is 1.42. The highest BCUT2D eigenvalue weighted by atomic mass is 16.5. The number of hydrogen-bond acceptors (Lipinski definition) is 6. The van der Waals surface area contributed by atoms with Gasteiger partial charge in [-0.15, -0.1) is 5.10 Å². The molecule has 0 spiro atoms. The van der Waals surface area contributed by atoms with Crippen molar-refractivity contribution in [2.24, 2.45) is 0 Å². The van der Waals surface area contributed by atoms with Gasteiger partial charge in [0.05, 0.1) is 17.3 Å². The van der Waals surface area contributed by atoms with E-state index >= 15 is 0 Å². The molecule has 1 aromatic heterocycles. The first kappa shape index (κ1) is 15.2. The number of benzene rings is 2. The second kappa shape index (κ2) is 6.58. The minimum atomic E-state index is -0.195. The fraction of sp³-hybridized carbons (Fsp3) is 0.0625. The minimum Gasteiger partial charge on any atom is -0.455 e. The summed E-state index contributed by atoms with van der Waals surface area (Å²) in [4.78, 5) is 11.3. The van der Waals surface area contributed by atoms with Gasteiger partial charge in [-0.1, -0.05) is 12.1 Å². The predicted octanol–water partition coefficient (Wildman–Crippen LogP) is 2.49. The number of anilines is 1. The van der Waals surface area contributed by atoms with Crippen molar-refractivity contribution in [3.8, 4) is 29.0 Å². The van der Waals surface area contributed by atoms with Gasteiger partial charge in [-0.2, -0.15) is 5.26 Å². The van der Waals surface area contributed by atoms with Crippen LogP contribution in [0, 0.1) is 11.3 Å². The molecule has 8 heteroatoms. The molecular formula is C16H12N6O2. The SMILES string of the molecule is CC(=O)Nc1ccccc1Oc1ccc(C#N)c(-c2nnn[nH]2)c1. The van der Waals surface area contributed by atoms with E-state index in [0.29, 0.717) is 34.1 Å². The van der Waals surface area contributed by atoms with E-state index in [-0.39, 0.29) is 5.91 Å². The number of hydrogen-bond donors (Lipinski definition) is 2. The van der Waals surface area contributed by atoms with Crippen LogP contribution in [-0.2, 0) is 4.79 Å². The Morgan fingerprint density at radius 1 is 1.29 bits per heavy atom. The fourth-order valence-corrected chi connectivity index (χ4v) is 2.13. The van der Waals surface area contributed by atoms with Crippen molar-refractivity contribution in [3.63, 3.8) is 0 Å². The van der Waals surface area contributed by atoms with Crippen LogP contribution in [-0.4, -0.2) is 26.5 Å². The van der Waals surface area contributed by atoms with Crippen molar-refractivity contribution in [3.05, 3.63) is 48.0 Å². The highest BCUT2D eigenvalue weighted by Crippen LogP contribution is 2.32. The summed E-state index contributed by atoms with van der Waals surface area (Å²) < 4.78 is 5.84. The largest absolute Gasteiger partial charge is 0.455 e. The third kappa shape index (κ3) is 3.20. The second-order valence-electron chi connectivity index (χ2n) is 4.85. The fourth-order valence-electron chi connectivity index (χ4n) is 2.13. The Morgan fingerprint density at radius 2 is 2.12 bits per heavy atom. The van der Waals surface area contributed by atoms with Crippen LogP contribution in [0.4, 0.5) is 5.69 Å². The van der Waals surface area contributed by atoms with Crippen molar-refractivity contribution in [2.45, 2.75) is 6.92 Å². The van der Waals surface area contributed by atoms with E-state index in [2.05, 4.69) is 32.0 Å². The van der Waals surface area contributed by atoms with Crippen LogP contribution in [0.1, 0.15) is 12.5 Å². The Hall–Kier alpha value is -3.73. The van der Waals surface area contributed by atoms with Gasteiger partial charge in [0.2, 0.25) is 5.91 Å². The topological polar surface area (TPSA) is 117 Å². The molecule has 0 bridgehead atoms. The van der Waals surface area contributed by atoms with Crippen LogP contribution < -0.4 is 10.1 Å². The van der Waals surface area contributed by atoms with E-state index in [4.69, 9.17) is 4.74 Å². The molecule has 3 aromatic rings. The van der Waals surface area contributed by atoms with Gasteiger partial charge in [-0.05, 0) is 40.8 Å². The predicted molar refractivity (Wildman–Crippen MR) is 85.1 cm³/mol. The van der Waals surface area contributed by atoms with Gasteiger partial charge in [0.1, 0.15) is 5.75 Å². The number of ether oxygens (including phenoxy) is 1. The number of tetrazole rings is 1. The Labute approximate surface area is 137 Å². The number of H-pyrrole nitrogens is 1. The van der Waals surface area contributed by atoms with Gasteiger partial charge in [0.25, 0.3) is 0 Å². The summed E-state index contributed by atoms with van der Waals surface area (Å²) in [7, 11) is 0. The number of nitrogens with one attached hydrogen (secondary N) is 2. The Morgan fingerprint density at radius 3 is 2.83 bits per heavy atom. The van der Waals surface area contributed by atoms with E-state index in [1.54, 1.807) is 42.5 Å². The lowest BCUT2D eigenvalue weighted by molar-refractivity contribution is -0.114. The molecule has 0 saturated heterocycles.